The second-order valence-corrected chi connectivity index (χ2v) is 9.56. The third-order valence-corrected chi connectivity index (χ3v) is 6.22. The zero-order chi connectivity index (χ0) is 17.8. The fourth-order valence-electron chi connectivity index (χ4n) is 1.64. The number of rotatable bonds is 8. The molecule has 0 spiro atoms. The van der Waals surface area contributed by atoms with Gasteiger partial charge in [-0.05, 0) is 25.5 Å². The molecule has 10 heteroatoms. The Bertz CT molecular complexity index is 749. The summed E-state index contributed by atoms with van der Waals surface area (Å²) in [6.07, 6.45) is 0.690. The monoisotopic (exact) mass is 366 g/mol. The van der Waals surface area contributed by atoms with E-state index in [1.54, 1.807) is 6.92 Å². The standard InChI is InChI=1S/C13H22N2O6S2/c1-5-10(2)14-12(16)9-22(17,18)8-11-6-7-13(21-11)23(19,20)15(3)4/h6-7,10H,5,8-9H2,1-4H3,(H,14,16). The van der Waals surface area contributed by atoms with Crippen molar-refractivity contribution in [1.29, 1.82) is 0 Å². The third-order valence-electron chi connectivity index (χ3n) is 3.10. The maximum absolute atomic E-state index is 12.0. The molecule has 23 heavy (non-hydrogen) atoms. The van der Waals surface area contributed by atoms with Crippen LogP contribution in [0.5, 0.6) is 0 Å². The van der Waals surface area contributed by atoms with Crippen molar-refractivity contribution in [3.05, 3.63) is 17.9 Å². The molecular weight excluding hydrogens is 344 g/mol. The molecule has 0 radical (unpaired) electrons. The van der Waals surface area contributed by atoms with Crippen LogP contribution in [0.1, 0.15) is 26.0 Å². The van der Waals surface area contributed by atoms with Crippen LogP contribution in [-0.4, -0.2) is 52.9 Å². The first-order valence-corrected chi connectivity index (χ1v) is 10.2. The van der Waals surface area contributed by atoms with Gasteiger partial charge in [0, 0.05) is 20.1 Å². The van der Waals surface area contributed by atoms with Gasteiger partial charge < -0.3 is 9.73 Å². The molecular formula is C13H22N2O6S2. The van der Waals surface area contributed by atoms with Crippen molar-refractivity contribution < 1.29 is 26.0 Å². The van der Waals surface area contributed by atoms with E-state index in [0.29, 0.717) is 6.42 Å². The Morgan fingerprint density at radius 3 is 2.39 bits per heavy atom. The molecule has 0 aliphatic carbocycles. The summed E-state index contributed by atoms with van der Waals surface area (Å²) < 4.78 is 53.8. The molecule has 1 atom stereocenters. The van der Waals surface area contributed by atoms with E-state index in [1.165, 1.54) is 26.2 Å². The highest BCUT2D eigenvalue weighted by molar-refractivity contribution is 7.91. The molecule has 1 aromatic heterocycles. The number of sulfone groups is 1. The predicted molar refractivity (Wildman–Crippen MR) is 85.0 cm³/mol. The van der Waals surface area contributed by atoms with E-state index in [0.717, 1.165) is 4.31 Å². The highest BCUT2D eigenvalue weighted by Gasteiger charge is 2.24. The van der Waals surface area contributed by atoms with Gasteiger partial charge >= 0.3 is 0 Å². The summed E-state index contributed by atoms with van der Waals surface area (Å²) in [4.78, 5) is 11.6. The fraction of sp³-hybridized carbons (Fsp3) is 0.615. The van der Waals surface area contributed by atoms with Gasteiger partial charge in [0.15, 0.2) is 9.84 Å². The minimum atomic E-state index is -3.76. The molecule has 0 aliphatic rings. The molecule has 0 bridgehead atoms. The number of furan rings is 1. The Morgan fingerprint density at radius 2 is 1.87 bits per heavy atom. The maximum Gasteiger partial charge on any atom is 0.275 e. The minimum absolute atomic E-state index is 0.0261. The Morgan fingerprint density at radius 1 is 1.26 bits per heavy atom. The number of hydrogen-bond acceptors (Lipinski definition) is 6. The van der Waals surface area contributed by atoms with Crippen LogP contribution in [0.4, 0.5) is 0 Å². The highest BCUT2D eigenvalue weighted by atomic mass is 32.2. The van der Waals surface area contributed by atoms with Gasteiger partial charge in [0.25, 0.3) is 10.0 Å². The number of nitrogens with zero attached hydrogens (tertiary/aromatic N) is 1. The molecule has 1 unspecified atom stereocenters. The van der Waals surface area contributed by atoms with Crippen LogP contribution >= 0.6 is 0 Å². The lowest BCUT2D eigenvalue weighted by molar-refractivity contribution is -0.119. The summed E-state index contributed by atoms with van der Waals surface area (Å²) in [6, 6.07) is 2.36. The minimum Gasteiger partial charge on any atom is -0.447 e. The lowest BCUT2D eigenvalue weighted by Gasteiger charge is -2.11. The molecule has 1 N–H and O–H groups in total. The Kier molecular flexibility index (Phi) is 6.37. The highest BCUT2D eigenvalue weighted by Crippen LogP contribution is 2.18. The lowest BCUT2D eigenvalue weighted by atomic mass is 10.3. The van der Waals surface area contributed by atoms with Crippen molar-refractivity contribution in [3.63, 3.8) is 0 Å². The first-order valence-electron chi connectivity index (χ1n) is 6.99. The second kappa shape index (κ2) is 7.45. The van der Waals surface area contributed by atoms with Crippen LogP contribution in [0, 0.1) is 0 Å². The predicted octanol–water partition coefficient (Wildman–Crippen LogP) is 0.359. The molecule has 1 amide bonds. The number of carbonyl (C=O) groups is 1. The van der Waals surface area contributed by atoms with Gasteiger partial charge in [-0.15, -0.1) is 0 Å². The molecule has 132 valence electrons. The van der Waals surface area contributed by atoms with E-state index in [9.17, 15) is 21.6 Å². The molecule has 0 aromatic carbocycles. The van der Waals surface area contributed by atoms with Crippen molar-refractivity contribution in [2.75, 3.05) is 19.8 Å². The van der Waals surface area contributed by atoms with E-state index in [-0.39, 0.29) is 16.9 Å². The van der Waals surface area contributed by atoms with Crippen LogP contribution in [0.25, 0.3) is 0 Å². The summed E-state index contributed by atoms with van der Waals surface area (Å²) in [5.41, 5.74) is 0. The van der Waals surface area contributed by atoms with Gasteiger partial charge in [-0.2, -0.15) is 0 Å². The van der Waals surface area contributed by atoms with E-state index in [2.05, 4.69) is 5.32 Å². The molecule has 1 heterocycles. The number of carbonyl (C=O) groups excluding carboxylic acids is 1. The van der Waals surface area contributed by atoms with Crippen LogP contribution in [-0.2, 0) is 30.4 Å². The average molecular weight is 366 g/mol. The third kappa shape index (κ3) is 5.63. The van der Waals surface area contributed by atoms with Gasteiger partial charge in [-0.1, -0.05) is 6.92 Å². The lowest BCUT2D eigenvalue weighted by Crippen LogP contribution is -2.36. The molecule has 1 rings (SSSR count). The van der Waals surface area contributed by atoms with Crippen molar-refractivity contribution in [2.45, 2.75) is 37.2 Å². The largest absolute Gasteiger partial charge is 0.447 e. The first kappa shape index (κ1) is 19.7. The zero-order valence-electron chi connectivity index (χ0n) is 13.6. The van der Waals surface area contributed by atoms with Gasteiger partial charge in [-0.25, -0.2) is 21.1 Å². The summed E-state index contributed by atoms with van der Waals surface area (Å²) in [7, 11) is -4.83. The smallest absolute Gasteiger partial charge is 0.275 e. The summed E-state index contributed by atoms with van der Waals surface area (Å²) >= 11 is 0. The normalized spacial score (nSPS) is 14.0. The quantitative estimate of drug-likeness (QED) is 0.710. The van der Waals surface area contributed by atoms with Crippen LogP contribution < -0.4 is 5.32 Å². The molecule has 8 nitrogen and oxygen atoms in total. The van der Waals surface area contributed by atoms with Crippen molar-refractivity contribution in [1.82, 2.24) is 9.62 Å². The van der Waals surface area contributed by atoms with E-state index in [1.807, 2.05) is 6.92 Å². The number of hydrogen-bond donors (Lipinski definition) is 1. The van der Waals surface area contributed by atoms with Gasteiger partial charge in [-0.3, -0.25) is 4.79 Å². The van der Waals surface area contributed by atoms with Crippen molar-refractivity contribution >= 4 is 25.8 Å². The Labute approximate surface area is 136 Å². The Balaban J connectivity index is 2.80. The first-order chi connectivity index (χ1) is 10.5. The summed E-state index contributed by atoms with van der Waals surface area (Å²) in [6.45, 7) is 3.64. The molecule has 0 saturated carbocycles. The fourth-order valence-corrected chi connectivity index (χ4v) is 3.63. The topological polar surface area (TPSA) is 114 Å². The van der Waals surface area contributed by atoms with Crippen LogP contribution in [0.2, 0.25) is 0 Å². The summed E-state index contributed by atoms with van der Waals surface area (Å²) in [5, 5.41) is 2.23. The Hall–Kier alpha value is -1.39. The number of nitrogens with one attached hydrogen (secondary N) is 1. The van der Waals surface area contributed by atoms with Gasteiger partial charge in [0.05, 0.1) is 0 Å². The molecule has 0 saturated heterocycles. The van der Waals surface area contributed by atoms with E-state index in [4.69, 9.17) is 4.42 Å². The van der Waals surface area contributed by atoms with E-state index < -0.39 is 37.3 Å². The molecule has 0 aliphatic heterocycles. The molecule has 1 aromatic rings. The maximum atomic E-state index is 12.0. The van der Waals surface area contributed by atoms with E-state index >= 15 is 0 Å². The molecule has 0 fully saturated rings. The number of amides is 1. The van der Waals surface area contributed by atoms with Crippen LogP contribution in [0.3, 0.4) is 0 Å². The second-order valence-electron chi connectivity index (χ2n) is 5.42. The van der Waals surface area contributed by atoms with Crippen molar-refractivity contribution in [2.24, 2.45) is 0 Å². The summed E-state index contributed by atoms with van der Waals surface area (Å²) in [5.74, 6) is -1.83. The van der Waals surface area contributed by atoms with Gasteiger partial charge in [0.2, 0.25) is 11.0 Å². The average Bonchev–Trinajstić information content (AvgIpc) is 2.85. The van der Waals surface area contributed by atoms with Gasteiger partial charge in [0.1, 0.15) is 17.3 Å². The van der Waals surface area contributed by atoms with Crippen molar-refractivity contribution in [3.8, 4) is 0 Å². The number of sulfonamides is 1. The van der Waals surface area contributed by atoms with Crippen LogP contribution in [0.15, 0.2) is 21.6 Å². The zero-order valence-corrected chi connectivity index (χ0v) is 15.2. The SMILES string of the molecule is CCC(C)NC(=O)CS(=O)(=O)Cc1ccc(S(=O)(=O)N(C)C)o1.